The minimum Gasteiger partial charge on any atom is -0.348 e. The van der Waals surface area contributed by atoms with Crippen LogP contribution in [0.25, 0.3) is 6.08 Å². The van der Waals surface area contributed by atoms with Gasteiger partial charge in [0.05, 0.1) is 5.56 Å². The van der Waals surface area contributed by atoms with Gasteiger partial charge in [-0.05, 0) is 41.5 Å². The molecule has 0 saturated carbocycles. The van der Waals surface area contributed by atoms with Crippen molar-refractivity contribution in [3.05, 3.63) is 71.3 Å². The Balaban J connectivity index is 1.89. The quantitative estimate of drug-likeness (QED) is 0.707. The van der Waals surface area contributed by atoms with Gasteiger partial charge in [0.15, 0.2) is 0 Å². The van der Waals surface area contributed by atoms with E-state index < -0.39 is 17.6 Å². The maximum Gasteiger partial charge on any atom is 0.416 e. The van der Waals surface area contributed by atoms with E-state index in [4.69, 9.17) is 0 Å². The number of alkyl halides is 3. The number of halogens is 3. The van der Waals surface area contributed by atoms with Gasteiger partial charge in [0, 0.05) is 24.2 Å². The molecule has 2 aromatic carbocycles. The first-order chi connectivity index (χ1) is 13.1. The molecule has 0 spiro atoms. The molecule has 0 aliphatic carbocycles. The molecule has 28 heavy (non-hydrogen) atoms. The van der Waals surface area contributed by atoms with E-state index in [0.29, 0.717) is 5.69 Å². The van der Waals surface area contributed by atoms with Gasteiger partial charge in [-0.25, -0.2) is 0 Å². The Morgan fingerprint density at radius 1 is 1.07 bits per heavy atom. The molecule has 0 radical (unpaired) electrons. The number of carbonyl (C=O) groups is 2. The maximum atomic E-state index is 12.7. The molecule has 4 nitrogen and oxygen atoms in total. The molecule has 2 aromatic rings. The second-order valence-electron chi connectivity index (χ2n) is 6.52. The standard InChI is InChI=1S/C21H21F3N2O2/c1-14(2)20(28)26-18-9-6-16(7-10-18)13-25-19(27)11-8-15-4-3-5-17(12-15)21(22,23)24/h3-12,14H,13H2,1-2H3,(H,25,27)(H,26,28)/b11-8+. The van der Waals surface area contributed by atoms with Gasteiger partial charge in [-0.2, -0.15) is 13.2 Å². The highest BCUT2D eigenvalue weighted by atomic mass is 19.4. The molecule has 7 heteroatoms. The summed E-state index contributed by atoms with van der Waals surface area (Å²) in [6.07, 6.45) is -1.91. The van der Waals surface area contributed by atoms with Gasteiger partial charge in [0.25, 0.3) is 0 Å². The number of hydrogen-bond donors (Lipinski definition) is 2. The molecule has 0 aromatic heterocycles. The second kappa shape index (κ2) is 9.21. The number of amides is 2. The Labute approximate surface area is 161 Å². The van der Waals surface area contributed by atoms with E-state index in [2.05, 4.69) is 10.6 Å². The molecule has 0 heterocycles. The minimum atomic E-state index is -4.42. The number of rotatable bonds is 6. The summed E-state index contributed by atoms with van der Waals surface area (Å²) in [5, 5.41) is 5.43. The highest BCUT2D eigenvalue weighted by molar-refractivity contribution is 5.92. The molecular weight excluding hydrogens is 369 g/mol. The van der Waals surface area contributed by atoms with Gasteiger partial charge in [0.2, 0.25) is 11.8 Å². The van der Waals surface area contributed by atoms with E-state index in [1.54, 1.807) is 38.1 Å². The predicted octanol–water partition coefficient (Wildman–Crippen LogP) is 4.63. The SMILES string of the molecule is CC(C)C(=O)Nc1ccc(CNC(=O)/C=C/c2cccc(C(F)(F)F)c2)cc1. The monoisotopic (exact) mass is 390 g/mol. The van der Waals surface area contributed by atoms with Crippen LogP contribution in [0.5, 0.6) is 0 Å². The first-order valence-electron chi connectivity index (χ1n) is 8.68. The Kier molecular flexibility index (Phi) is 6.98. The molecule has 0 aliphatic heterocycles. The van der Waals surface area contributed by atoms with Crippen LogP contribution in [0.4, 0.5) is 18.9 Å². The fourth-order valence-electron chi connectivity index (χ4n) is 2.23. The minimum absolute atomic E-state index is 0.0826. The topological polar surface area (TPSA) is 58.2 Å². The molecule has 0 fully saturated rings. The predicted molar refractivity (Wildman–Crippen MR) is 102 cm³/mol. The molecule has 2 N–H and O–H groups in total. The lowest BCUT2D eigenvalue weighted by atomic mass is 10.1. The van der Waals surface area contributed by atoms with Gasteiger partial charge in [-0.1, -0.05) is 38.1 Å². The van der Waals surface area contributed by atoms with E-state index >= 15 is 0 Å². The van der Waals surface area contributed by atoms with Crippen molar-refractivity contribution >= 4 is 23.6 Å². The van der Waals surface area contributed by atoms with Crippen LogP contribution < -0.4 is 10.6 Å². The molecule has 0 atom stereocenters. The van der Waals surface area contributed by atoms with E-state index in [1.165, 1.54) is 24.3 Å². The summed E-state index contributed by atoms with van der Waals surface area (Å²) in [5.41, 5.74) is 1.01. The van der Waals surface area contributed by atoms with Crippen LogP contribution in [0.15, 0.2) is 54.6 Å². The Bertz CT molecular complexity index is 857. The normalized spacial score (nSPS) is 11.6. The molecule has 2 rings (SSSR count). The summed E-state index contributed by atoms with van der Waals surface area (Å²) in [6.45, 7) is 3.85. The van der Waals surface area contributed by atoms with Gasteiger partial charge < -0.3 is 10.6 Å². The van der Waals surface area contributed by atoms with Crippen molar-refractivity contribution < 1.29 is 22.8 Å². The van der Waals surface area contributed by atoms with Crippen molar-refractivity contribution in [3.63, 3.8) is 0 Å². The maximum absolute atomic E-state index is 12.7. The molecule has 2 amide bonds. The van der Waals surface area contributed by atoms with Crippen LogP contribution in [-0.2, 0) is 22.3 Å². The molecule has 0 unspecified atom stereocenters. The van der Waals surface area contributed by atoms with Gasteiger partial charge in [-0.3, -0.25) is 9.59 Å². The summed E-state index contributed by atoms with van der Waals surface area (Å²) in [6, 6.07) is 11.8. The van der Waals surface area contributed by atoms with Crippen LogP contribution in [0.2, 0.25) is 0 Å². The third-order valence-electron chi connectivity index (χ3n) is 3.85. The lowest BCUT2D eigenvalue weighted by Gasteiger charge is -2.09. The van der Waals surface area contributed by atoms with Crippen molar-refractivity contribution in [2.45, 2.75) is 26.6 Å². The van der Waals surface area contributed by atoms with Crippen LogP contribution in [0.3, 0.4) is 0 Å². The van der Waals surface area contributed by atoms with Crippen molar-refractivity contribution in [2.75, 3.05) is 5.32 Å². The van der Waals surface area contributed by atoms with E-state index in [9.17, 15) is 22.8 Å². The summed E-state index contributed by atoms with van der Waals surface area (Å²) in [5.74, 6) is -0.627. The second-order valence-corrected chi connectivity index (χ2v) is 6.52. The Hall–Kier alpha value is -3.09. The van der Waals surface area contributed by atoms with Crippen molar-refractivity contribution in [1.82, 2.24) is 5.32 Å². The first-order valence-corrected chi connectivity index (χ1v) is 8.68. The molecule has 0 bridgehead atoms. The Morgan fingerprint density at radius 3 is 2.36 bits per heavy atom. The largest absolute Gasteiger partial charge is 0.416 e. The number of anilines is 1. The zero-order valence-corrected chi connectivity index (χ0v) is 15.5. The molecule has 0 aliphatic rings. The summed E-state index contributed by atoms with van der Waals surface area (Å²) in [4.78, 5) is 23.5. The zero-order chi connectivity index (χ0) is 20.7. The average molecular weight is 390 g/mol. The summed E-state index contributed by atoms with van der Waals surface area (Å²) >= 11 is 0. The van der Waals surface area contributed by atoms with Gasteiger partial charge >= 0.3 is 6.18 Å². The number of hydrogen-bond acceptors (Lipinski definition) is 2. The fraction of sp³-hybridized carbons (Fsp3) is 0.238. The van der Waals surface area contributed by atoms with Gasteiger partial charge in [0.1, 0.15) is 0 Å². The molecule has 0 saturated heterocycles. The average Bonchev–Trinajstić information content (AvgIpc) is 2.65. The lowest BCUT2D eigenvalue weighted by Crippen LogP contribution is -2.20. The highest BCUT2D eigenvalue weighted by Gasteiger charge is 2.30. The van der Waals surface area contributed by atoms with Crippen molar-refractivity contribution in [2.24, 2.45) is 5.92 Å². The third-order valence-corrected chi connectivity index (χ3v) is 3.85. The van der Waals surface area contributed by atoms with Gasteiger partial charge in [-0.15, -0.1) is 0 Å². The molecular formula is C21H21F3N2O2. The van der Waals surface area contributed by atoms with Crippen LogP contribution in [0.1, 0.15) is 30.5 Å². The lowest BCUT2D eigenvalue weighted by molar-refractivity contribution is -0.137. The summed E-state index contributed by atoms with van der Waals surface area (Å²) < 4.78 is 38.1. The van der Waals surface area contributed by atoms with E-state index in [0.717, 1.165) is 17.7 Å². The van der Waals surface area contributed by atoms with E-state index in [1.807, 2.05) is 0 Å². The fourth-order valence-corrected chi connectivity index (χ4v) is 2.23. The van der Waals surface area contributed by atoms with Crippen LogP contribution in [-0.4, -0.2) is 11.8 Å². The molecule has 148 valence electrons. The van der Waals surface area contributed by atoms with Crippen LogP contribution >= 0.6 is 0 Å². The highest BCUT2D eigenvalue weighted by Crippen LogP contribution is 2.29. The first kappa shape index (κ1) is 21.2. The number of benzene rings is 2. The van der Waals surface area contributed by atoms with Crippen LogP contribution in [0, 0.1) is 5.92 Å². The number of nitrogens with one attached hydrogen (secondary N) is 2. The van der Waals surface area contributed by atoms with Crippen molar-refractivity contribution in [1.29, 1.82) is 0 Å². The van der Waals surface area contributed by atoms with E-state index in [-0.39, 0.29) is 23.9 Å². The number of carbonyl (C=O) groups excluding carboxylic acids is 2. The Morgan fingerprint density at radius 2 is 1.75 bits per heavy atom. The van der Waals surface area contributed by atoms with Crippen molar-refractivity contribution in [3.8, 4) is 0 Å². The third kappa shape index (κ3) is 6.57. The summed E-state index contributed by atoms with van der Waals surface area (Å²) in [7, 11) is 0. The smallest absolute Gasteiger partial charge is 0.348 e. The zero-order valence-electron chi connectivity index (χ0n) is 15.5.